The van der Waals surface area contributed by atoms with Gasteiger partial charge in [0.25, 0.3) is 0 Å². The van der Waals surface area contributed by atoms with Crippen LogP contribution in [0, 0.1) is 5.92 Å². The molecule has 5 heteroatoms. The molecule has 3 nitrogen and oxygen atoms in total. The van der Waals surface area contributed by atoms with Gasteiger partial charge in [-0.15, -0.1) is 0 Å². The minimum absolute atomic E-state index is 0.390. The zero-order chi connectivity index (χ0) is 13.9. The number of carbonyl (C=O) groups excluding carboxylic acids is 1. The molecule has 1 amide bonds. The zero-order valence-electron chi connectivity index (χ0n) is 10.8. The number of amides is 1. The van der Waals surface area contributed by atoms with Gasteiger partial charge >= 0.3 is 0 Å². The van der Waals surface area contributed by atoms with E-state index in [0.717, 1.165) is 0 Å². The Morgan fingerprint density at radius 1 is 1.44 bits per heavy atom. The maximum Gasteiger partial charge on any atom is 0.242 e. The van der Waals surface area contributed by atoms with Crippen LogP contribution >= 0.6 is 23.2 Å². The van der Waals surface area contributed by atoms with E-state index in [-0.39, 0.29) is 0 Å². The third-order valence-electron chi connectivity index (χ3n) is 2.82. The predicted molar refractivity (Wildman–Crippen MR) is 75.8 cm³/mol. The standard InChI is InChI=1S/C13H18Cl2N2O/c1-8(2)7-17-13(3,12(16)18)10-6-9(14)4-5-11(10)15/h4-6,8,17H,7H2,1-3H3,(H2,16,18). The average molecular weight is 289 g/mol. The van der Waals surface area contributed by atoms with Gasteiger partial charge in [-0.25, -0.2) is 0 Å². The van der Waals surface area contributed by atoms with E-state index in [1.807, 2.05) is 13.8 Å². The highest BCUT2D eigenvalue weighted by Crippen LogP contribution is 2.30. The molecule has 0 bridgehead atoms. The van der Waals surface area contributed by atoms with Crippen molar-refractivity contribution in [3.63, 3.8) is 0 Å². The molecule has 0 aliphatic carbocycles. The Balaban J connectivity index is 3.18. The fourth-order valence-electron chi connectivity index (χ4n) is 1.60. The zero-order valence-corrected chi connectivity index (χ0v) is 12.3. The van der Waals surface area contributed by atoms with Crippen LogP contribution in [0.2, 0.25) is 10.0 Å². The SMILES string of the molecule is CC(C)CNC(C)(C(N)=O)c1cc(Cl)ccc1Cl. The summed E-state index contributed by atoms with van der Waals surface area (Å²) in [6.07, 6.45) is 0. The lowest BCUT2D eigenvalue weighted by atomic mass is 9.90. The smallest absolute Gasteiger partial charge is 0.242 e. The summed E-state index contributed by atoms with van der Waals surface area (Å²) in [6.45, 7) is 6.47. The molecule has 0 heterocycles. The minimum Gasteiger partial charge on any atom is -0.368 e. The number of halogens is 2. The van der Waals surface area contributed by atoms with E-state index in [0.29, 0.717) is 28.1 Å². The second-order valence-corrected chi connectivity index (χ2v) is 5.73. The number of hydrogen-bond donors (Lipinski definition) is 2. The third-order valence-corrected chi connectivity index (χ3v) is 3.39. The van der Waals surface area contributed by atoms with Crippen molar-refractivity contribution < 1.29 is 4.79 Å². The lowest BCUT2D eigenvalue weighted by Gasteiger charge is -2.30. The molecule has 1 aromatic carbocycles. The Hall–Kier alpha value is -0.770. The highest BCUT2D eigenvalue weighted by Gasteiger charge is 2.34. The second-order valence-electron chi connectivity index (χ2n) is 4.89. The summed E-state index contributed by atoms with van der Waals surface area (Å²) >= 11 is 12.1. The molecule has 0 aliphatic rings. The van der Waals surface area contributed by atoms with Gasteiger partial charge in [0.1, 0.15) is 5.54 Å². The van der Waals surface area contributed by atoms with Gasteiger partial charge in [0.2, 0.25) is 5.91 Å². The van der Waals surface area contributed by atoms with Gasteiger partial charge in [-0.1, -0.05) is 37.0 Å². The Morgan fingerprint density at radius 3 is 2.56 bits per heavy atom. The minimum atomic E-state index is -1.02. The van der Waals surface area contributed by atoms with Crippen LogP contribution in [0.4, 0.5) is 0 Å². The van der Waals surface area contributed by atoms with E-state index < -0.39 is 11.4 Å². The van der Waals surface area contributed by atoms with Gasteiger partial charge in [-0.2, -0.15) is 0 Å². The van der Waals surface area contributed by atoms with Crippen LogP contribution in [0.25, 0.3) is 0 Å². The molecule has 3 N–H and O–H groups in total. The van der Waals surface area contributed by atoms with Gasteiger partial charge in [0.15, 0.2) is 0 Å². The van der Waals surface area contributed by atoms with Crippen molar-refractivity contribution in [2.24, 2.45) is 11.7 Å². The van der Waals surface area contributed by atoms with E-state index in [2.05, 4.69) is 5.32 Å². The van der Waals surface area contributed by atoms with E-state index in [1.165, 1.54) is 0 Å². The quantitative estimate of drug-likeness (QED) is 0.875. The number of primary amides is 1. The number of benzene rings is 1. The molecule has 1 unspecified atom stereocenters. The Morgan fingerprint density at radius 2 is 2.06 bits per heavy atom. The van der Waals surface area contributed by atoms with E-state index in [9.17, 15) is 4.79 Å². The van der Waals surface area contributed by atoms with Crippen molar-refractivity contribution in [3.8, 4) is 0 Å². The molecule has 0 spiro atoms. The lowest BCUT2D eigenvalue weighted by molar-refractivity contribution is -0.124. The lowest BCUT2D eigenvalue weighted by Crippen LogP contribution is -2.51. The molecule has 0 aliphatic heterocycles. The van der Waals surface area contributed by atoms with Crippen molar-refractivity contribution in [2.75, 3.05) is 6.54 Å². The monoisotopic (exact) mass is 288 g/mol. The number of hydrogen-bond acceptors (Lipinski definition) is 2. The number of rotatable bonds is 5. The summed E-state index contributed by atoms with van der Waals surface area (Å²) in [5.74, 6) is -0.0889. The van der Waals surface area contributed by atoms with E-state index in [1.54, 1.807) is 25.1 Å². The number of nitrogens with one attached hydrogen (secondary N) is 1. The van der Waals surface area contributed by atoms with Crippen molar-refractivity contribution in [3.05, 3.63) is 33.8 Å². The number of nitrogens with two attached hydrogens (primary N) is 1. The van der Waals surface area contributed by atoms with Crippen LogP contribution in [-0.2, 0) is 10.3 Å². The van der Waals surface area contributed by atoms with Crippen LogP contribution in [0.1, 0.15) is 26.3 Å². The van der Waals surface area contributed by atoms with Crippen LogP contribution in [-0.4, -0.2) is 12.5 Å². The van der Waals surface area contributed by atoms with Gasteiger partial charge < -0.3 is 5.73 Å². The predicted octanol–water partition coefficient (Wildman–Crippen LogP) is 2.94. The van der Waals surface area contributed by atoms with Crippen LogP contribution in [0.3, 0.4) is 0 Å². The third kappa shape index (κ3) is 3.37. The maximum atomic E-state index is 11.8. The molecular weight excluding hydrogens is 271 g/mol. The molecule has 0 aromatic heterocycles. The largest absolute Gasteiger partial charge is 0.368 e. The topological polar surface area (TPSA) is 55.1 Å². The van der Waals surface area contributed by atoms with Gasteiger partial charge in [-0.3, -0.25) is 10.1 Å². The van der Waals surface area contributed by atoms with Crippen molar-refractivity contribution >= 4 is 29.1 Å². The molecule has 0 saturated carbocycles. The summed E-state index contributed by atoms with van der Waals surface area (Å²) in [4.78, 5) is 11.8. The molecule has 0 saturated heterocycles. The molecule has 0 fully saturated rings. The van der Waals surface area contributed by atoms with E-state index >= 15 is 0 Å². The summed E-state index contributed by atoms with van der Waals surface area (Å²) in [7, 11) is 0. The molecule has 0 radical (unpaired) electrons. The fourth-order valence-corrected chi connectivity index (χ4v) is 2.08. The Kier molecular flexibility index (Phi) is 5.02. The average Bonchev–Trinajstić information content (AvgIpc) is 2.29. The molecule has 1 atom stereocenters. The maximum absolute atomic E-state index is 11.8. The molecular formula is C13H18Cl2N2O. The first-order chi connectivity index (χ1) is 8.27. The van der Waals surface area contributed by atoms with Gasteiger partial charge in [-0.05, 0) is 37.6 Å². The summed E-state index contributed by atoms with van der Waals surface area (Å²) in [6, 6.07) is 5.01. The van der Waals surface area contributed by atoms with Crippen LogP contribution < -0.4 is 11.1 Å². The first-order valence-corrected chi connectivity index (χ1v) is 6.53. The first kappa shape index (κ1) is 15.3. The number of carbonyl (C=O) groups is 1. The van der Waals surface area contributed by atoms with Crippen molar-refractivity contribution in [2.45, 2.75) is 26.3 Å². The Bertz CT molecular complexity index is 449. The Labute approximate surface area is 118 Å². The fraction of sp³-hybridized carbons (Fsp3) is 0.462. The molecule has 100 valence electrons. The highest BCUT2D eigenvalue weighted by molar-refractivity contribution is 6.34. The normalized spacial score (nSPS) is 14.6. The summed E-state index contributed by atoms with van der Waals surface area (Å²) in [5, 5.41) is 4.15. The highest BCUT2D eigenvalue weighted by atomic mass is 35.5. The van der Waals surface area contributed by atoms with Gasteiger partial charge in [0.05, 0.1) is 0 Å². The van der Waals surface area contributed by atoms with Crippen LogP contribution in [0.5, 0.6) is 0 Å². The second kappa shape index (κ2) is 5.91. The van der Waals surface area contributed by atoms with E-state index in [4.69, 9.17) is 28.9 Å². The molecule has 1 aromatic rings. The molecule has 18 heavy (non-hydrogen) atoms. The molecule has 1 rings (SSSR count). The van der Waals surface area contributed by atoms with Crippen LogP contribution in [0.15, 0.2) is 18.2 Å². The van der Waals surface area contributed by atoms with Gasteiger partial charge in [0, 0.05) is 15.6 Å². The van der Waals surface area contributed by atoms with Crippen molar-refractivity contribution in [1.29, 1.82) is 0 Å². The first-order valence-electron chi connectivity index (χ1n) is 5.78. The summed E-state index contributed by atoms with van der Waals surface area (Å²) < 4.78 is 0. The van der Waals surface area contributed by atoms with Crippen molar-refractivity contribution in [1.82, 2.24) is 5.32 Å². The summed E-state index contributed by atoms with van der Waals surface area (Å²) in [5.41, 5.74) is 5.09.